The van der Waals surface area contributed by atoms with E-state index in [0.717, 1.165) is 17.1 Å². The monoisotopic (exact) mass is 239 g/mol. The number of nitrogen functional groups attached to an aromatic ring is 1. The van der Waals surface area contributed by atoms with Crippen molar-refractivity contribution in [2.24, 2.45) is 0 Å². The molecule has 0 spiro atoms. The SMILES string of the molecule is CN(C)c1cc(N)ccc1NCCC(O)CO. The average Bonchev–Trinajstić information content (AvgIpc) is 2.30. The first-order valence-corrected chi connectivity index (χ1v) is 5.64. The van der Waals surface area contributed by atoms with E-state index in [9.17, 15) is 5.11 Å². The third-order valence-electron chi connectivity index (χ3n) is 2.51. The van der Waals surface area contributed by atoms with E-state index in [1.165, 1.54) is 0 Å². The van der Waals surface area contributed by atoms with Gasteiger partial charge in [-0.1, -0.05) is 0 Å². The molecule has 0 aromatic heterocycles. The number of benzene rings is 1. The van der Waals surface area contributed by atoms with Crippen molar-refractivity contribution in [2.75, 3.05) is 43.2 Å². The third-order valence-corrected chi connectivity index (χ3v) is 2.51. The minimum atomic E-state index is -0.668. The molecule has 17 heavy (non-hydrogen) atoms. The normalized spacial score (nSPS) is 12.2. The molecule has 0 aliphatic rings. The molecule has 1 rings (SSSR count). The number of nitrogens with zero attached hydrogens (tertiary/aromatic N) is 1. The molecule has 1 aromatic rings. The van der Waals surface area contributed by atoms with Gasteiger partial charge in [-0.3, -0.25) is 0 Å². The van der Waals surface area contributed by atoms with Gasteiger partial charge in [-0.15, -0.1) is 0 Å². The number of nitrogens with two attached hydrogens (primary N) is 1. The van der Waals surface area contributed by atoms with Crippen molar-refractivity contribution in [3.8, 4) is 0 Å². The van der Waals surface area contributed by atoms with Gasteiger partial charge in [0.2, 0.25) is 0 Å². The number of hydrogen-bond acceptors (Lipinski definition) is 5. The van der Waals surface area contributed by atoms with Crippen LogP contribution < -0.4 is 16.0 Å². The molecule has 0 aliphatic carbocycles. The summed E-state index contributed by atoms with van der Waals surface area (Å²) in [6.07, 6.45) is -0.160. The summed E-state index contributed by atoms with van der Waals surface area (Å²) in [5, 5.41) is 21.2. The van der Waals surface area contributed by atoms with E-state index in [-0.39, 0.29) is 6.61 Å². The van der Waals surface area contributed by atoms with Crippen LogP contribution in [0.4, 0.5) is 17.1 Å². The molecule has 0 radical (unpaired) electrons. The Morgan fingerprint density at radius 1 is 1.41 bits per heavy atom. The van der Waals surface area contributed by atoms with Gasteiger partial charge in [0.25, 0.3) is 0 Å². The molecule has 0 heterocycles. The van der Waals surface area contributed by atoms with Gasteiger partial charge < -0.3 is 26.2 Å². The number of rotatable bonds is 6. The number of aliphatic hydroxyl groups excluding tert-OH is 2. The van der Waals surface area contributed by atoms with Crippen LogP contribution >= 0.6 is 0 Å². The fraction of sp³-hybridized carbons (Fsp3) is 0.500. The van der Waals surface area contributed by atoms with Crippen LogP contribution in [-0.4, -0.2) is 43.6 Å². The van der Waals surface area contributed by atoms with Gasteiger partial charge in [-0.25, -0.2) is 0 Å². The van der Waals surface area contributed by atoms with Crippen molar-refractivity contribution in [1.29, 1.82) is 0 Å². The Morgan fingerprint density at radius 2 is 2.12 bits per heavy atom. The smallest absolute Gasteiger partial charge is 0.0787 e. The standard InChI is InChI=1S/C12H21N3O2/c1-15(2)12-7-9(13)3-4-11(12)14-6-5-10(17)8-16/h3-4,7,10,14,16-17H,5-6,8,13H2,1-2H3. The predicted octanol–water partition coefficient (Wildman–Crippen LogP) is 0.490. The fourth-order valence-corrected chi connectivity index (χ4v) is 1.53. The summed E-state index contributed by atoms with van der Waals surface area (Å²) in [4.78, 5) is 1.97. The molecular formula is C12H21N3O2. The topological polar surface area (TPSA) is 81.8 Å². The molecule has 0 fully saturated rings. The van der Waals surface area contributed by atoms with Gasteiger partial charge in [0, 0.05) is 26.3 Å². The number of nitrogens with one attached hydrogen (secondary N) is 1. The minimum absolute atomic E-state index is 0.204. The number of aliphatic hydroxyl groups is 2. The first kappa shape index (κ1) is 13.6. The highest BCUT2D eigenvalue weighted by Crippen LogP contribution is 2.26. The molecule has 0 amide bonds. The predicted molar refractivity (Wildman–Crippen MR) is 71.4 cm³/mol. The van der Waals surface area contributed by atoms with E-state index in [4.69, 9.17) is 10.8 Å². The lowest BCUT2D eigenvalue weighted by Gasteiger charge is -2.19. The Balaban J connectivity index is 2.64. The first-order chi connectivity index (χ1) is 8.04. The van der Waals surface area contributed by atoms with Crippen LogP contribution in [0.3, 0.4) is 0 Å². The summed E-state index contributed by atoms with van der Waals surface area (Å²) < 4.78 is 0. The fourth-order valence-electron chi connectivity index (χ4n) is 1.53. The third kappa shape index (κ3) is 4.13. The van der Waals surface area contributed by atoms with E-state index in [1.807, 2.05) is 37.2 Å². The lowest BCUT2D eigenvalue weighted by atomic mass is 10.2. The molecule has 0 saturated carbocycles. The highest BCUT2D eigenvalue weighted by atomic mass is 16.3. The maximum atomic E-state index is 9.24. The molecule has 1 atom stereocenters. The second-order valence-corrected chi connectivity index (χ2v) is 4.22. The number of anilines is 3. The number of hydrogen-bond donors (Lipinski definition) is 4. The molecular weight excluding hydrogens is 218 g/mol. The molecule has 96 valence electrons. The van der Waals surface area contributed by atoms with Crippen molar-refractivity contribution in [2.45, 2.75) is 12.5 Å². The van der Waals surface area contributed by atoms with Crippen LogP contribution in [0.5, 0.6) is 0 Å². The molecule has 5 nitrogen and oxygen atoms in total. The Labute approximate surface area is 102 Å². The zero-order valence-electron chi connectivity index (χ0n) is 10.3. The lowest BCUT2D eigenvalue weighted by Crippen LogP contribution is -2.18. The largest absolute Gasteiger partial charge is 0.399 e. The van der Waals surface area contributed by atoms with E-state index < -0.39 is 6.10 Å². The van der Waals surface area contributed by atoms with E-state index in [2.05, 4.69) is 5.32 Å². The van der Waals surface area contributed by atoms with Gasteiger partial charge in [0.05, 0.1) is 24.1 Å². The minimum Gasteiger partial charge on any atom is -0.399 e. The Kier molecular flexibility index (Phi) is 5.06. The van der Waals surface area contributed by atoms with E-state index in [0.29, 0.717) is 13.0 Å². The molecule has 0 aliphatic heterocycles. The van der Waals surface area contributed by atoms with Crippen molar-refractivity contribution < 1.29 is 10.2 Å². The molecule has 1 aromatic carbocycles. The van der Waals surface area contributed by atoms with Crippen LogP contribution in [-0.2, 0) is 0 Å². The zero-order valence-corrected chi connectivity index (χ0v) is 10.3. The molecule has 5 heteroatoms. The van der Waals surface area contributed by atoms with Crippen molar-refractivity contribution in [1.82, 2.24) is 0 Å². The Hall–Kier alpha value is -1.46. The van der Waals surface area contributed by atoms with Crippen molar-refractivity contribution in [3.05, 3.63) is 18.2 Å². The highest BCUT2D eigenvalue weighted by Gasteiger charge is 2.06. The maximum Gasteiger partial charge on any atom is 0.0787 e. The Morgan fingerprint density at radius 3 is 2.71 bits per heavy atom. The average molecular weight is 239 g/mol. The first-order valence-electron chi connectivity index (χ1n) is 5.64. The summed E-state index contributed by atoms with van der Waals surface area (Å²) in [7, 11) is 3.89. The summed E-state index contributed by atoms with van der Waals surface area (Å²) in [5.41, 5.74) is 8.42. The van der Waals surface area contributed by atoms with Gasteiger partial charge in [0.1, 0.15) is 0 Å². The highest BCUT2D eigenvalue weighted by molar-refractivity contribution is 5.73. The second-order valence-electron chi connectivity index (χ2n) is 4.22. The summed E-state index contributed by atoms with van der Waals surface area (Å²) in [5.74, 6) is 0. The van der Waals surface area contributed by atoms with Crippen LogP contribution in [0.2, 0.25) is 0 Å². The van der Waals surface area contributed by atoms with Crippen LogP contribution in [0.25, 0.3) is 0 Å². The summed E-state index contributed by atoms with van der Waals surface area (Å²) >= 11 is 0. The van der Waals surface area contributed by atoms with Gasteiger partial charge in [0.15, 0.2) is 0 Å². The molecule has 0 bridgehead atoms. The maximum absolute atomic E-state index is 9.24. The van der Waals surface area contributed by atoms with E-state index >= 15 is 0 Å². The van der Waals surface area contributed by atoms with Crippen LogP contribution in [0.1, 0.15) is 6.42 Å². The van der Waals surface area contributed by atoms with Crippen molar-refractivity contribution in [3.63, 3.8) is 0 Å². The zero-order chi connectivity index (χ0) is 12.8. The van der Waals surface area contributed by atoms with Gasteiger partial charge in [-0.05, 0) is 24.6 Å². The van der Waals surface area contributed by atoms with Crippen LogP contribution in [0, 0.1) is 0 Å². The summed E-state index contributed by atoms with van der Waals surface area (Å²) in [6.45, 7) is 0.399. The Bertz CT molecular complexity index is 356. The van der Waals surface area contributed by atoms with Crippen molar-refractivity contribution >= 4 is 17.1 Å². The second kappa shape index (κ2) is 6.32. The van der Waals surface area contributed by atoms with Gasteiger partial charge in [-0.2, -0.15) is 0 Å². The lowest BCUT2D eigenvalue weighted by molar-refractivity contribution is 0.0911. The molecule has 1 unspecified atom stereocenters. The van der Waals surface area contributed by atoms with Crippen LogP contribution in [0.15, 0.2) is 18.2 Å². The molecule has 0 saturated heterocycles. The quantitative estimate of drug-likeness (QED) is 0.543. The van der Waals surface area contributed by atoms with Gasteiger partial charge >= 0.3 is 0 Å². The summed E-state index contributed by atoms with van der Waals surface area (Å²) in [6, 6.07) is 5.64. The molecule has 5 N–H and O–H groups in total. The van der Waals surface area contributed by atoms with E-state index in [1.54, 1.807) is 0 Å².